The van der Waals surface area contributed by atoms with Gasteiger partial charge in [0.2, 0.25) is 0 Å². The van der Waals surface area contributed by atoms with E-state index in [9.17, 15) is 0 Å². The maximum absolute atomic E-state index is 4.51. The third-order valence-electron chi connectivity index (χ3n) is 6.90. The van der Waals surface area contributed by atoms with Crippen molar-refractivity contribution in [3.8, 4) is 22.3 Å². The van der Waals surface area contributed by atoms with Gasteiger partial charge in [0, 0.05) is 0 Å². The SMILES string of the molecule is C=C(/C(=C\C(C)c1cc(C)cc(-c2ccccc2-c2ccccc2)c1)c1ccccc1)c1ccccc1. The number of hydrogen-bond donors (Lipinski definition) is 0. The lowest BCUT2D eigenvalue weighted by molar-refractivity contribution is 0.968. The van der Waals surface area contributed by atoms with E-state index in [0.717, 1.165) is 11.1 Å². The fourth-order valence-corrected chi connectivity index (χ4v) is 4.97. The minimum absolute atomic E-state index is 0.207. The smallest absolute Gasteiger partial charge is 0.0000700 e. The molecule has 1 atom stereocenters. The van der Waals surface area contributed by atoms with Gasteiger partial charge >= 0.3 is 0 Å². The van der Waals surface area contributed by atoms with Crippen LogP contribution in [0.5, 0.6) is 0 Å². The summed E-state index contributed by atoms with van der Waals surface area (Å²) in [6.45, 7) is 8.98. The molecule has 0 bridgehead atoms. The molecule has 0 spiro atoms. The number of benzene rings is 5. The van der Waals surface area contributed by atoms with E-state index in [-0.39, 0.29) is 5.92 Å². The van der Waals surface area contributed by atoms with E-state index in [0.29, 0.717) is 0 Å². The van der Waals surface area contributed by atoms with Gasteiger partial charge in [-0.25, -0.2) is 0 Å². The Balaban J connectivity index is 1.58. The van der Waals surface area contributed by atoms with Crippen molar-refractivity contribution in [1.82, 2.24) is 0 Å². The van der Waals surface area contributed by atoms with E-state index < -0.39 is 0 Å². The highest BCUT2D eigenvalue weighted by atomic mass is 14.2. The molecule has 5 rings (SSSR count). The maximum Gasteiger partial charge on any atom is -0.0000700 e. The van der Waals surface area contributed by atoms with Crippen LogP contribution in [0.3, 0.4) is 0 Å². The zero-order valence-corrected chi connectivity index (χ0v) is 21.6. The average molecular weight is 477 g/mol. The summed E-state index contributed by atoms with van der Waals surface area (Å²) in [6, 6.07) is 47.3. The first-order valence-electron chi connectivity index (χ1n) is 12.9. The van der Waals surface area contributed by atoms with E-state index in [2.05, 4.69) is 154 Å². The van der Waals surface area contributed by atoms with Crippen LogP contribution < -0.4 is 0 Å². The van der Waals surface area contributed by atoms with Crippen molar-refractivity contribution in [2.75, 3.05) is 0 Å². The Morgan fingerprint density at radius 3 is 1.73 bits per heavy atom. The van der Waals surface area contributed by atoms with Gasteiger partial charge in [-0.3, -0.25) is 0 Å². The van der Waals surface area contributed by atoms with Crippen molar-refractivity contribution in [2.45, 2.75) is 19.8 Å². The number of hydrogen-bond acceptors (Lipinski definition) is 0. The highest BCUT2D eigenvalue weighted by molar-refractivity contribution is 6.04. The molecule has 5 aromatic carbocycles. The molecule has 5 aromatic rings. The van der Waals surface area contributed by atoms with Crippen molar-refractivity contribution in [3.63, 3.8) is 0 Å². The van der Waals surface area contributed by atoms with Crippen LogP contribution in [-0.2, 0) is 0 Å². The molecule has 0 N–H and O–H groups in total. The van der Waals surface area contributed by atoms with Gasteiger partial charge in [0.05, 0.1) is 0 Å². The summed E-state index contributed by atoms with van der Waals surface area (Å²) >= 11 is 0. The first-order valence-corrected chi connectivity index (χ1v) is 12.9. The molecule has 0 aliphatic heterocycles. The predicted octanol–water partition coefficient (Wildman–Crippen LogP) is 10.2. The van der Waals surface area contributed by atoms with Crippen molar-refractivity contribution in [3.05, 3.63) is 168 Å². The summed E-state index contributed by atoms with van der Waals surface area (Å²) in [7, 11) is 0. The van der Waals surface area contributed by atoms with Crippen LogP contribution in [0.4, 0.5) is 0 Å². The Hall–Kier alpha value is -4.42. The Morgan fingerprint density at radius 1 is 0.595 bits per heavy atom. The van der Waals surface area contributed by atoms with Gasteiger partial charge in [-0.15, -0.1) is 0 Å². The molecule has 0 saturated carbocycles. The molecule has 0 aliphatic rings. The van der Waals surface area contributed by atoms with Crippen molar-refractivity contribution in [2.24, 2.45) is 0 Å². The monoisotopic (exact) mass is 476 g/mol. The van der Waals surface area contributed by atoms with Crippen molar-refractivity contribution < 1.29 is 0 Å². The molecule has 0 aliphatic carbocycles. The van der Waals surface area contributed by atoms with Gasteiger partial charge in [0.15, 0.2) is 0 Å². The third kappa shape index (κ3) is 5.55. The minimum Gasteiger partial charge on any atom is -0.0905 e. The summed E-state index contributed by atoms with van der Waals surface area (Å²) in [4.78, 5) is 0. The largest absolute Gasteiger partial charge is 0.0905 e. The first kappa shape index (κ1) is 24.3. The average Bonchev–Trinajstić information content (AvgIpc) is 2.96. The maximum atomic E-state index is 4.51. The van der Waals surface area contributed by atoms with Crippen LogP contribution in [0.1, 0.15) is 35.1 Å². The second kappa shape index (κ2) is 11.1. The van der Waals surface area contributed by atoms with Gasteiger partial charge in [-0.05, 0) is 62.9 Å². The highest BCUT2D eigenvalue weighted by Crippen LogP contribution is 2.36. The summed E-state index contributed by atoms with van der Waals surface area (Å²) in [5, 5.41) is 0. The third-order valence-corrected chi connectivity index (χ3v) is 6.90. The molecule has 180 valence electrons. The van der Waals surface area contributed by atoms with Gasteiger partial charge in [-0.2, -0.15) is 0 Å². The topological polar surface area (TPSA) is 0 Å². The van der Waals surface area contributed by atoms with Crippen molar-refractivity contribution in [1.29, 1.82) is 0 Å². The molecule has 0 radical (unpaired) electrons. The second-order valence-corrected chi connectivity index (χ2v) is 9.62. The molecule has 37 heavy (non-hydrogen) atoms. The summed E-state index contributed by atoms with van der Waals surface area (Å²) in [5.74, 6) is 0.207. The first-order chi connectivity index (χ1) is 18.1. The zero-order chi connectivity index (χ0) is 25.6. The van der Waals surface area contributed by atoms with Crippen molar-refractivity contribution >= 4 is 11.1 Å². The summed E-state index contributed by atoms with van der Waals surface area (Å²) in [6.07, 6.45) is 2.37. The van der Waals surface area contributed by atoms with E-state index in [1.165, 1.54) is 44.5 Å². The van der Waals surface area contributed by atoms with Crippen LogP contribution in [0.2, 0.25) is 0 Å². The quantitative estimate of drug-likeness (QED) is 0.205. The molecule has 0 heterocycles. The molecule has 0 amide bonds. The zero-order valence-electron chi connectivity index (χ0n) is 21.6. The van der Waals surface area contributed by atoms with Crippen LogP contribution in [0, 0.1) is 6.92 Å². The molecule has 0 nitrogen and oxygen atoms in total. The second-order valence-electron chi connectivity index (χ2n) is 9.62. The van der Waals surface area contributed by atoms with E-state index in [1.807, 2.05) is 6.07 Å². The van der Waals surface area contributed by atoms with Gasteiger partial charge in [0.1, 0.15) is 0 Å². The van der Waals surface area contributed by atoms with Gasteiger partial charge in [-0.1, -0.05) is 159 Å². The van der Waals surface area contributed by atoms with E-state index in [1.54, 1.807) is 0 Å². The standard InChI is InChI=1S/C37H32/c1-27-23-33(26-34(24-27)36-22-14-13-21-35(36)31-17-9-5-10-18-31)28(2)25-37(32-19-11-6-12-20-32)29(3)30-15-7-4-8-16-30/h4-26,28H,3H2,1-2H3/b37-25+. The predicted molar refractivity (Wildman–Crippen MR) is 160 cm³/mol. The number of rotatable bonds is 7. The lowest BCUT2D eigenvalue weighted by Gasteiger charge is -2.18. The fraction of sp³-hybridized carbons (Fsp3) is 0.0811. The van der Waals surface area contributed by atoms with Gasteiger partial charge in [0.25, 0.3) is 0 Å². The lowest BCUT2D eigenvalue weighted by Crippen LogP contribution is -1.97. The minimum atomic E-state index is 0.207. The Labute approximate surface area is 221 Å². The molecule has 0 aromatic heterocycles. The van der Waals surface area contributed by atoms with E-state index >= 15 is 0 Å². The van der Waals surface area contributed by atoms with Gasteiger partial charge < -0.3 is 0 Å². The molecule has 1 unspecified atom stereocenters. The normalized spacial score (nSPS) is 12.2. The highest BCUT2D eigenvalue weighted by Gasteiger charge is 2.14. The molecular formula is C37H32. The van der Waals surface area contributed by atoms with Crippen LogP contribution >= 0.6 is 0 Å². The number of allylic oxidation sites excluding steroid dienone is 3. The Morgan fingerprint density at radius 2 is 1.11 bits per heavy atom. The molecule has 0 saturated heterocycles. The number of aryl methyl sites for hydroxylation is 1. The molecule has 0 heteroatoms. The summed E-state index contributed by atoms with van der Waals surface area (Å²) < 4.78 is 0. The Bertz CT molecular complexity index is 1520. The van der Waals surface area contributed by atoms with Crippen LogP contribution in [0.25, 0.3) is 33.4 Å². The Kier molecular flexibility index (Phi) is 7.28. The molecule has 0 fully saturated rings. The van der Waals surface area contributed by atoms with Crippen LogP contribution in [-0.4, -0.2) is 0 Å². The van der Waals surface area contributed by atoms with Crippen LogP contribution in [0.15, 0.2) is 146 Å². The molecular weight excluding hydrogens is 444 g/mol. The van der Waals surface area contributed by atoms with E-state index in [4.69, 9.17) is 0 Å². The summed E-state index contributed by atoms with van der Waals surface area (Å²) in [5.41, 5.74) is 12.1. The lowest BCUT2D eigenvalue weighted by atomic mass is 9.87. The fourth-order valence-electron chi connectivity index (χ4n) is 4.97.